The molecule has 2 aromatic rings. The van der Waals surface area contributed by atoms with E-state index in [0.29, 0.717) is 11.8 Å². The lowest BCUT2D eigenvalue weighted by atomic mass is 9.67. The van der Waals surface area contributed by atoms with E-state index >= 15 is 0 Å². The van der Waals surface area contributed by atoms with Gasteiger partial charge in [0.2, 0.25) is 0 Å². The maximum atomic E-state index is 4.87. The average Bonchev–Trinajstić information content (AvgIpc) is 3.27. The van der Waals surface area contributed by atoms with Gasteiger partial charge >= 0.3 is 0 Å². The molecule has 4 saturated carbocycles. The van der Waals surface area contributed by atoms with E-state index in [2.05, 4.69) is 78.2 Å². The number of aryl methyl sites for hydroxylation is 2. The van der Waals surface area contributed by atoms with Crippen LogP contribution in [0.1, 0.15) is 249 Å². The van der Waals surface area contributed by atoms with Crippen molar-refractivity contribution in [3.05, 3.63) is 59.2 Å². The molecule has 4 fully saturated rings. The van der Waals surface area contributed by atoms with Crippen molar-refractivity contribution in [2.45, 2.75) is 240 Å². The Morgan fingerprint density at radius 2 is 0.772 bits per heavy atom. The van der Waals surface area contributed by atoms with Gasteiger partial charge in [0, 0.05) is 35.6 Å². The Kier molecular flexibility index (Phi) is 21.0. The first-order chi connectivity index (χ1) is 27.9. The maximum Gasteiger partial charge on any atom is 0.0434 e. The monoisotopic (exact) mass is 781 g/mol. The molecule has 4 aliphatic carbocycles. The zero-order valence-electron chi connectivity index (χ0n) is 38.6. The maximum absolute atomic E-state index is 4.87. The smallest absolute Gasteiger partial charge is 0.0434 e. The van der Waals surface area contributed by atoms with Gasteiger partial charge in [0.05, 0.1) is 0 Å². The van der Waals surface area contributed by atoms with Gasteiger partial charge in [0.15, 0.2) is 0 Å². The summed E-state index contributed by atoms with van der Waals surface area (Å²) in [7, 11) is 0. The molecule has 4 aliphatic rings. The highest BCUT2D eigenvalue weighted by Crippen LogP contribution is 2.46. The van der Waals surface area contributed by atoms with E-state index in [1.807, 2.05) is 0 Å². The molecule has 0 spiro atoms. The van der Waals surface area contributed by atoms with Crippen molar-refractivity contribution < 1.29 is 0 Å². The van der Waals surface area contributed by atoms with Crippen molar-refractivity contribution in [3.8, 4) is 0 Å². The minimum absolute atomic E-state index is 0.630. The molecule has 0 N–H and O–H groups in total. The fourth-order valence-corrected chi connectivity index (χ4v) is 12.3. The highest BCUT2D eigenvalue weighted by atomic mass is 14.7. The van der Waals surface area contributed by atoms with Gasteiger partial charge in [0.1, 0.15) is 0 Å². The molecular weight excluding hydrogens is 689 g/mol. The van der Waals surface area contributed by atoms with Crippen LogP contribution in [0.3, 0.4) is 0 Å². The number of hydrogen-bond donors (Lipinski definition) is 0. The van der Waals surface area contributed by atoms with Crippen LogP contribution in [0.15, 0.2) is 36.7 Å². The van der Waals surface area contributed by atoms with Crippen molar-refractivity contribution >= 4 is 0 Å². The molecule has 0 radical (unpaired) electrons. The molecule has 2 nitrogen and oxygen atoms in total. The zero-order chi connectivity index (χ0) is 40.2. The zero-order valence-corrected chi connectivity index (χ0v) is 38.6. The Bertz CT molecular complexity index is 1280. The highest BCUT2D eigenvalue weighted by molar-refractivity contribution is 5.18. The Morgan fingerprint density at radius 3 is 1.11 bits per heavy atom. The second kappa shape index (κ2) is 25.8. The van der Waals surface area contributed by atoms with Crippen molar-refractivity contribution in [1.29, 1.82) is 0 Å². The fourth-order valence-electron chi connectivity index (χ4n) is 12.3. The van der Waals surface area contributed by atoms with E-state index in [-0.39, 0.29) is 0 Å². The lowest BCUT2D eigenvalue weighted by Crippen LogP contribution is -2.27. The Balaban J connectivity index is 0.000000218. The number of unbranched alkanes of at least 4 members (excludes halogenated alkanes) is 5. The number of pyridine rings is 2. The number of rotatable bonds is 19. The normalized spacial score (nSPS) is 29.2. The molecule has 322 valence electrons. The topological polar surface area (TPSA) is 25.8 Å². The molecule has 0 saturated heterocycles. The SMILES string of the molecule is CCCCCc1ccc(C(C)C2CCC(C3CCC(CCCC)CC3)CC2)nc1.CCCCc1ccc(C(C)C2CCC(C3CCC(CCCC)CC3)CC2)nc1. The van der Waals surface area contributed by atoms with Gasteiger partial charge in [-0.05, 0) is 173 Å². The van der Waals surface area contributed by atoms with E-state index in [4.69, 9.17) is 9.97 Å². The first-order valence-electron chi connectivity index (χ1n) is 25.8. The van der Waals surface area contributed by atoms with E-state index in [9.17, 15) is 0 Å². The molecule has 0 bridgehead atoms. The minimum Gasteiger partial charge on any atom is -0.261 e. The van der Waals surface area contributed by atoms with E-state index in [1.165, 1.54) is 209 Å². The third kappa shape index (κ3) is 15.1. The minimum atomic E-state index is 0.630. The fraction of sp³-hybridized carbons (Fsp3) is 0.818. The van der Waals surface area contributed by atoms with E-state index in [1.54, 1.807) is 0 Å². The second-order valence-corrected chi connectivity index (χ2v) is 20.5. The first kappa shape index (κ1) is 46.4. The Morgan fingerprint density at radius 1 is 0.421 bits per heavy atom. The molecule has 2 heterocycles. The van der Waals surface area contributed by atoms with Gasteiger partial charge in [0.25, 0.3) is 0 Å². The summed E-state index contributed by atoms with van der Waals surface area (Å²) in [6, 6.07) is 9.32. The van der Waals surface area contributed by atoms with Gasteiger partial charge < -0.3 is 0 Å². The average molecular weight is 781 g/mol. The van der Waals surface area contributed by atoms with E-state index < -0.39 is 0 Å². The molecule has 2 unspecified atom stereocenters. The van der Waals surface area contributed by atoms with Gasteiger partial charge in [-0.25, -0.2) is 0 Å². The van der Waals surface area contributed by atoms with Gasteiger partial charge in [-0.1, -0.05) is 137 Å². The third-order valence-corrected chi connectivity index (χ3v) is 16.6. The molecule has 0 aromatic carbocycles. The predicted molar refractivity (Wildman–Crippen MR) is 248 cm³/mol. The summed E-state index contributed by atoms with van der Waals surface area (Å²) < 4.78 is 0. The Hall–Kier alpha value is -1.70. The van der Waals surface area contributed by atoms with Crippen LogP contribution in [0.5, 0.6) is 0 Å². The number of nitrogens with zero attached hydrogens (tertiary/aromatic N) is 2. The van der Waals surface area contributed by atoms with Crippen molar-refractivity contribution in [2.75, 3.05) is 0 Å². The molecule has 0 aliphatic heterocycles. The summed E-state index contributed by atoms with van der Waals surface area (Å²) in [6.07, 6.45) is 45.7. The van der Waals surface area contributed by atoms with Crippen molar-refractivity contribution in [1.82, 2.24) is 9.97 Å². The number of hydrogen-bond acceptors (Lipinski definition) is 2. The molecule has 0 amide bonds. The summed E-state index contributed by atoms with van der Waals surface area (Å²) in [5.74, 6) is 9.22. The summed E-state index contributed by atoms with van der Waals surface area (Å²) in [4.78, 5) is 9.72. The first-order valence-corrected chi connectivity index (χ1v) is 25.8. The van der Waals surface area contributed by atoms with E-state index in [0.717, 1.165) is 47.3 Å². The third-order valence-electron chi connectivity index (χ3n) is 16.6. The van der Waals surface area contributed by atoms with Crippen LogP contribution < -0.4 is 0 Å². The summed E-state index contributed by atoms with van der Waals surface area (Å²) >= 11 is 0. The quantitative estimate of drug-likeness (QED) is 0.133. The Labute approximate surface area is 354 Å². The van der Waals surface area contributed by atoms with Crippen molar-refractivity contribution in [3.63, 3.8) is 0 Å². The second-order valence-electron chi connectivity index (χ2n) is 20.5. The summed E-state index contributed by atoms with van der Waals surface area (Å²) in [5, 5.41) is 0. The van der Waals surface area contributed by atoms with Crippen LogP contribution in [-0.2, 0) is 12.8 Å². The van der Waals surface area contributed by atoms with Crippen molar-refractivity contribution in [2.24, 2.45) is 47.3 Å². The largest absolute Gasteiger partial charge is 0.261 e. The van der Waals surface area contributed by atoms with Crippen LogP contribution in [0.2, 0.25) is 0 Å². The highest BCUT2D eigenvalue weighted by Gasteiger charge is 2.34. The van der Waals surface area contributed by atoms with Crippen LogP contribution in [-0.4, -0.2) is 9.97 Å². The molecule has 6 rings (SSSR count). The molecule has 57 heavy (non-hydrogen) atoms. The lowest BCUT2D eigenvalue weighted by Gasteiger charge is -2.39. The van der Waals surface area contributed by atoms with Crippen LogP contribution in [0, 0.1) is 47.3 Å². The van der Waals surface area contributed by atoms with Gasteiger partial charge in [-0.3, -0.25) is 9.97 Å². The molecular formula is C55H92N2. The molecule has 2 atom stereocenters. The number of aromatic nitrogens is 2. The molecule has 2 heteroatoms. The van der Waals surface area contributed by atoms with Crippen LogP contribution in [0.4, 0.5) is 0 Å². The summed E-state index contributed by atoms with van der Waals surface area (Å²) in [6.45, 7) is 14.1. The van der Waals surface area contributed by atoms with Crippen LogP contribution >= 0.6 is 0 Å². The molecule has 2 aromatic heterocycles. The standard InChI is InChI=1S/C28H47N.C27H45N/c1-4-6-8-10-24-13-20-28(29-21-24)22(3)25-16-18-27(19-17-25)26-14-11-23(12-15-26)9-7-5-2;1-4-6-8-22-10-13-25(14-11-22)26-17-15-24(16-18-26)21(3)27-19-12-23(20-28-27)9-7-5-2/h13,20-23,25-27H,4-12,14-19H2,1-3H3;12,19-22,24-26H,4-11,13-18H2,1-3H3. The van der Waals surface area contributed by atoms with Crippen LogP contribution in [0.25, 0.3) is 0 Å². The lowest BCUT2D eigenvalue weighted by molar-refractivity contribution is 0.136. The van der Waals surface area contributed by atoms with Gasteiger partial charge in [-0.2, -0.15) is 0 Å². The van der Waals surface area contributed by atoms with Gasteiger partial charge in [-0.15, -0.1) is 0 Å². The summed E-state index contributed by atoms with van der Waals surface area (Å²) in [5.41, 5.74) is 5.51. The predicted octanol–water partition coefficient (Wildman–Crippen LogP) is 17.1.